The summed E-state index contributed by atoms with van der Waals surface area (Å²) in [5, 5.41) is 36.6. The molecule has 0 bridgehead atoms. The molecular formula is C27H35NO13. The van der Waals surface area contributed by atoms with E-state index in [1.165, 1.54) is 6.07 Å². The molecule has 2 aromatic carbocycles. The molecule has 4 N–H and O–H groups in total. The number of ether oxygens (including phenoxy) is 4. The normalized spacial score (nSPS) is 12.2. The van der Waals surface area contributed by atoms with Crippen molar-refractivity contribution >= 4 is 34.6 Å². The maximum absolute atomic E-state index is 12.4. The third-order valence-corrected chi connectivity index (χ3v) is 6.30. The fraction of sp³-hybridized carbons (Fsp3) is 0.481. The minimum atomic E-state index is -1.49. The Morgan fingerprint density at radius 2 is 1.49 bits per heavy atom. The smallest absolute Gasteiger partial charge is 0.349 e. The van der Waals surface area contributed by atoms with Crippen molar-refractivity contribution < 1.29 is 63.6 Å². The van der Waals surface area contributed by atoms with E-state index in [1.54, 1.807) is 44.2 Å². The van der Waals surface area contributed by atoms with E-state index in [2.05, 4.69) is 4.84 Å². The molecule has 0 aliphatic rings. The van der Waals surface area contributed by atoms with Crippen LogP contribution >= 0.6 is 0 Å². The second-order valence-corrected chi connectivity index (χ2v) is 9.11. The van der Waals surface area contributed by atoms with Crippen LogP contribution < -0.4 is 4.74 Å². The zero-order chi connectivity index (χ0) is 30.4. The summed E-state index contributed by atoms with van der Waals surface area (Å²) in [6.07, 6.45) is 0.934. The number of esters is 4. The minimum absolute atomic E-state index is 0.0181. The van der Waals surface area contributed by atoms with E-state index in [0.29, 0.717) is 23.8 Å². The molecule has 0 heterocycles. The standard InChI is InChI=1S/C27H35NO13/c1-3-27(16-29,17-30)26(34)39-15-24(32)41-22-9-8-20-12-19(6-7-21(20)13-22)18(2)25(33)38-14-23(31)37-10-4-5-11-40-28(35)36/h6-9,12-13,18,29-30,35-36H,3-5,10-11,14-17H2,1-2H3. The molecule has 0 radical (unpaired) electrons. The number of aliphatic hydroxyl groups is 2. The van der Waals surface area contributed by atoms with Gasteiger partial charge >= 0.3 is 23.9 Å². The molecule has 1 atom stereocenters. The van der Waals surface area contributed by atoms with E-state index in [-0.39, 0.29) is 25.4 Å². The van der Waals surface area contributed by atoms with E-state index >= 15 is 0 Å². The molecular weight excluding hydrogens is 546 g/mol. The lowest BCUT2D eigenvalue weighted by Gasteiger charge is -2.25. The first-order valence-corrected chi connectivity index (χ1v) is 12.8. The van der Waals surface area contributed by atoms with Crippen LogP contribution in [0.5, 0.6) is 5.75 Å². The predicted molar refractivity (Wildman–Crippen MR) is 138 cm³/mol. The second-order valence-electron chi connectivity index (χ2n) is 9.11. The lowest BCUT2D eigenvalue weighted by atomic mass is 9.87. The average Bonchev–Trinajstić information content (AvgIpc) is 2.96. The molecule has 14 nitrogen and oxygen atoms in total. The SMILES string of the molecule is CCC(CO)(CO)C(=O)OCC(=O)Oc1ccc2cc(C(C)C(=O)OCC(=O)OCCCCON(O)O)ccc2c1. The number of unbranched alkanes of at least 4 members (excludes halogenated alkanes) is 1. The summed E-state index contributed by atoms with van der Waals surface area (Å²) in [5.74, 6) is -3.60. The Labute approximate surface area is 235 Å². The van der Waals surface area contributed by atoms with Gasteiger partial charge in [-0.2, -0.15) is 0 Å². The Morgan fingerprint density at radius 1 is 0.854 bits per heavy atom. The third kappa shape index (κ3) is 10.4. The van der Waals surface area contributed by atoms with Crippen molar-refractivity contribution in [3.63, 3.8) is 0 Å². The molecule has 0 saturated carbocycles. The summed E-state index contributed by atoms with van der Waals surface area (Å²) in [7, 11) is 0. The highest BCUT2D eigenvalue weighted by atomic mass is 17.1. The van der Waals surface area contributed by atoms with Gasteiger partial charge in [0, 0.05) is 0 Å². The first kappa shape index (κ1) is 33.5. The number of carbonyl (C=O) groups is 4. The molecule has 0 saturated heterocycles. The Bertz CT molecular complexity index is 1170. The summed E-state index contributed by atoms with van der Waals surface area (Å²) in [4.78, 5) is 52.9. The molecule has 2 rings (SSSR count). The molecule has 0 fully saturated rings. The van der Waals surface area contributed by atoms with Gasteiger partial charge < -0.3 is 29.2 Å². The lowest BCUT2D eigenvalue weighted by molar-refractivity contribution is -0.492. The van der Waals surface area contributed by atoms with Crippen molar-refractivity contribution in [3.05, 3.63) is 42.0 Å². The first-order chi connectivity index (χ1) is 19.5. The monoisotopic (exact) mass is 581 g/mol. The Balaban J connectivity index is 1.85. The fourth-order valence-corrected chi connectivity index (χ4v) is 3.53. The second kappa shape index (κ2) is 16.6. The lowest BCUT2D eigenvalue weighted by Crippen LogP contribution is -2.40. The highest BCUT2D eigenvalue weighted by Gasteiger charge is 2.37. The summed E-state index contributed by atoms with van der Waals surface area (Å²) in [5.41, 5.74) is -0.863. The molecule has 0 aliphatic carbocycles. The molecule has 41 heavy (non-hydrogen) atoms. The van der Waals surface area contributed by atoms with E-state index in [0.717, 1.165) is 5.39 Å². The maximum atomic E-state index is 12.4. The Morgan fingerprint density at radius 3 is 2.15 bits per heavy atom. The third-order valence-electron chi connectivity index (χ3n) is 6.30. The van der Waals surface area contributed by atoms with Crippen LogP contribution in [0.15, 0.2) is 36.4 Å². The largest absolute Gasteiger partial charge is 0.463 e. The van der Waals surface area contributed by atoms with Gasteiger partial charge in [-0.1, -0.05) is 31.2 Å². The zero-order valence-corrected chi connectivity index (χ0v) is 22.8. The summed E-state index contributed by atoms with van der Waals surface area (Å²) in [6.45, 7) is 0.781. The number of carbonyl (C=O) groups excluding carboxylic acids is 4. The van der Waals surface area contributed by atoms with Gasteiger partial charge in [-0.05, 0) is 54.7 Å². The summed E-state index contributed by atoms with van der Waals surface area (Å²) >= 11 is 0. The van der Waals surface area contributed by atoms with Crippen LogP contribution in [-0.4, -0.2) is 89.5 Å². The molecule has 226 valence electrons. The highest BCUT2D eigenvalue weighted by Crippen LogP contribution is 2.26. The number of hydrogen-bond donors (Lipinski definition) is 4. The number of benzene rings is 2. The number of fused-ring (bicyclic) bond motifs is 1. The molecule has 1 unspecified atom stereocenters. The maximum Gasteiger partial charge on any atom is 0.349 e. The topological polar surface area (TPSA) is 199 Å². The van der Waals surface area contributed by atoms with Crippen molar-refractivity contribution in [1.29, 1.82) is 0 Å². The summed E-state index contributed by atoms with van der Waals surface area (Å²) < 4.78 is 20.1. The van der Waals surface area contributed by atoms with Crippen LogP contribution in [0.3, 0.4) is 0 Å². The van der Waals surface area contributed by atoms with Crippen LogP contribution in [0.25, 0.3) is 10.8 Å². The summed E-state index contributed by atoms with van der Waals surface area (Å²) in [6, 6.07) is 9.95. The van der Waals surface area contributed by atoms with Gasteiger partial charge in [0.2, 0.25) is 0 Å². The van der Waals surface area contributed by atoms with Gasteiger partial charge in [0.05, 0.1) is 37.7 Å². The van der Waals surface area contributed by atoms with Gasteiger partial charge in [0.25, 0.3) is 0 Å². The molecule has 0 aliphatic heterocycles. The van der Waals surface area contributed by atoms with Gasteiger partial charge in [-0.15, -0.1) is 0 Å². The molecule has 14 heteroatoms. The first-order valence-electron chi connectivity index (χ1n) is 12.8. The average molecular weight is 582 g/mol. The van der Waals surface area contributed by atoms with Gasteiger partial charge in [-0.3, -0.25) is 24.8 Å². The number of rotatable bonds is 17. The molecule has 2 aromatic rings. The van der Waals surface area contributed by atoms with E-state index in [9.17, 15) is 29.4 Å². The Hall–Kier alpha value is -3.66. The van der Waals surface area contributed by atoms with Crippen molar-refractivity contribution in [2.45, 2.75) is 39.0 Å². The van der Waals surface area contributed by atoms with Crippen molar-refractivity contribution in [1.82, 2.24) is 5.39 Å². The van der Waals surface area contributed by atoms with E-state index in [1.807, 2.05) is 0 Å². The van der Waals surface area contributed by atoms with Gasteiger partial charge in [-0.25, -0.2) is 9.59 Å². The highest BCUT2D eigenvalue weighted by molar-refractivity contribution is 5.88. The van der Waals surface area contributed by atoms with Gasteiger partial charge in [0.15, 0.2) is 13.2 Å². The van der Waals surface area contributed by atoms with Crippen molar-refractivity contribution in [2.75, 3.05) is 39.6 Å². The Kier molecular flexibility index (Phi) is 13.6. The molecule has 0 amide bonds. The van der Waals surface area contributed by atoms with Crippen molar-refractivity contribution in [2.24, 2.45) is 5.41 Å². The fourth-order valence-electron chi connectivity index (χ4n) is 3.53. The predicted octanol–water partition coefficient (Wildman–Crippen LogP) is 1.65. The molecule has 0 spiro atoms. The van der Waals surface area contributed by atoms with Crippen LogP contribution in [-0.2, 0) is 38.2 Å². The van der Waals surface area contributed by atoms with E-state index in [4.69, 9.17) is 29.4 Å². The van der Waals surface area contributed by atoms with Crippen LogP contribution in [0.2, 0.25) is 0 Å². The van der Waals surface area contributed by atoms with Crippen LogP contribution in [0.1, 0.15) is 44.6 Å². The van der Waals surface area contributed by atoms with Crippen LogP contribution in [0, 0.1) is 5.41 Å². The van der Waals surface area contributed by atoms with Crippen molar-refractivity contribution in [3.8, 4) is 5.75 Å². The number of nitrogens with zero attached hydrogens (tertiary/aromatic N) is 1. The molecule has 0 aromatic heterocycles. The van der Waals surface area contributed by atoms with E-state index < -0.39 is 67.0 Å². The minimum Gasteiger partial charge on any atom is -0.463 e. The number of hydrogen-bond acceptors (Lipinski definition) is 14. The van der Waals surface area contributed by atoms with Crippen LogP contribution in [0.4, 0.5) is 0 Å². The zero-order valence-electron chi connectivity index (χ0n) is 22.8. The number of aliphatic hydroxyl groups excluding tert-OH is 2. The van der Waals surface area contributed by atoms with Gasteiger partial charge in [0.1, 0.15) is 11.2 Å². The quantitative estimate of drug-likeness (QED) is 0.0691.